The predicted octanol–water partition coefficient (Wildman–Crippen LogP) is 0.562. The first kappa shape index (κ1) is 12.0. The lowest BCUT2D eigenvalue weighted by Crippen LogP contribution is -2.36. The molecule has 0 aliphatic heterocycles. The standard InChI is InChI=1S/C10H13NO3S/c11-8(10(13)14)9(12)7-3-1-6(5-15)2-4-7/h1-4,8-9,12,15H,5,11H2,(H,13,14)/t8-,9+/m0/s1. The van der Waals surface area contributed by atoms with Crippen LogP contribution in [0.15, 0.2) is 24.3 Å². The molecule has 15 heavy (non-hydrogen) atoms. The van der Waals surface area contributed by atoms with Gasteiger partial charge >= 0.3 is 5.97 Å². The topological polar surface area (TPSA) is 83.6 Å². The van der Waals surface area contributed by atoms with Crippen molar-refractivity contribution < 1.29 is 15.0 Å². The first-order valence-electron chi connectivity index (χ1n) is 4.42. The van der Waals surface area contributed by atoms with Crippen molar-refractivity contribution in [3.63, 3.8) is 0 Å². The lowest BCUT2D eigenvalue weighted by atomic mass is 10.0. The number of hydrogen-bond acceptors (Lipinski definition) is 4. The number of rotatable bonds is 4. The van der Waals surface area contributed by atoms with Gasteiger partial charge in [0.15, 0.2) is 0 Å². The molecule has 1 aromatic rings. The number of aliphatic hydroxyl groups excluding tert-OH is 1. The molecule has 0 bridgehead atoms. The van der Waals surface area contributed by atoms with Crippen LogP contribution in [0.25, 0.3) is 0 Å². The van der Waals surface area contributed by atoms with Gasteiger partial charge in [-0.1, -0.05) is 24.3 Å². The number of carboxylic acid groups (broad SMARTS) is 1. The Kier molecular flexibility index (Phi) is 4.14. The van der Waals surface area contributed by atoms with Crippen LogP contribution >= 0.6 is 12.6 Å². The van der Waals surface area contributed by atoms with Crippen LogP contribution < -0.4 is 5.73 Å². The van der Waals surface area contributed by atoms with Gasteiger partial charge in [-0.05, 0) is 11.1 Å². The molecule has 0 radical (unpaired) electrons. The maximum atomic E-state index is 10.5. The van der Waals surface area contributed by atoms with Gasteiger partial charge in [0.2, 0.25) is 0 Å². The molecule has 0 unspecified atom stereocenters. The Morgan fingerprint density at radius 3 is 2.33 bits per heavy atom. The van der Waals surface area contributed by atoms with Gasteiger partial charge in [-0.3, -0.25) is 4.79 Å². The number of carboxylic acids is 1. The molecular weight excluding hydrogens is 214 g/mol. The zero-order chi connectivity index (χ0) is 11.4. The minimum Gasteiger partial charge on any atom is -0.480 e. The summed E-state index contributed by atoms with van der Waals surface area (Å²) >= 11 is 4.09. The second kappa shape index (κ2) is 5.16. The third-order valence-electron chi connectivity index (χ3n) is 2.13. The van der Waals surface area contributed by atoms with Crippen LogP contribution in [0.2, 0.25) is 0 Å². The number of thiol groups is 1. The van der Waals surface area contributed by atoms with Crippen LogP contribution in [-0.4, -0.2) is 22.2 Å². The molecule has 2 atom stereocenters. The van der Waals surface area contributed by atoms with Crippen molar-refractivity contribution in [2.24, 2.45) is 5.73 Å². The van der Waals surface area contributed by atoms with Gasteiger partial charge in [-0.25, -0.2) is 0 Å². The van der Waals surface area contributed by atoms with Crippen LogP contribution in [-0.2, 0) is 10.5 Å². The van der Waals surface area contributed by atoms with Crippen molar-refractivity contribution in [3.8, 4) is 0 Å². The maximum absolute atomic E-state index is 10.5. The largest absolute Gasteiger partial charge is 0.480 e. The lowest BCUT2D eigenvalue weighted by molar-refractivity contribution is -0.141. The first-order valence-corrected chi connectivity index (χ1v) is 5.05. The number of benzene rings is 1. The van der Waals surface area contributed by atoms with E-state index in [1.54, 1.807) is 24.3 Å². The van der Waals surface area contributed by atoms with Crippen LogP contribution in [0.1, 0.15) is 17.2 Å². The number of hydrogen-bond donors (Lipinski definition) is 4. The first-order chi connectivity index (χ1) is 7.06. The van der Waals surface area contributed by atoms with Crippen molar-refractivity contribution in [3.05, 3.63) is 35.4 Å². The average Bonchev–Trinajstić information content (AvgIpc) is 2.27. The fourth-order valence-corrected chi connectivity index (χ4v) is 1.37. The molecule has 4 N–H and O–H groups in total. The Morgan fingerprint density at radius 2 is 1.93 bits per heavy atom. The molecule has 0 heterocycles. The van der Waals surface area contributed by atoms with Crippen molar-refractivity contribution >= 4 is 18.6 Å². The van der Waals surface area contributed by atoms with E-state index >= 15 is 0 Å². The summed E-state index contributed by atoms with van der Waals surface area (Å²) in [5.41, 5.74) is 6.79. The van der Waals surface area contributed by atoms with Gasteiger partial charge in [-0.15, -0.1) is 0 Å². The molecule has 0 aliphatic carbocycles. The Labute approximate surface area is 93.1 Å². The Hall–Kier alpha value is -1.04. The van der Waals surface area contributed by atoms with E-state index in [9.17, 15) is 9.90 Å². The van der Waals surface area contributed by atoms with Crippen molar-refractivity contribution in [2.75, 3.05) is 0 Å². The van der Waals surface area contributed by atoms with E-state index in [2.05, 4.69) is 12.6 Å². The minimum absolute atomic E-state index is 0.496. The second-order valence-corrected chi connectivity index (χ2v) is 3.52. The van der Waals surface area contributed by atoms with E-state index in [0.29, 0.717) is 11.3 Å². The van der Waals surface area contributed by atoms with Crippen LogP contribution in [0.4, 0.5) is 0 Å². The number of nitrogens with two attached hydrogens (primary N) is 1. The lowest BCUT2D eigenvalue weighted by Gasteiger charge is -2.15. The predicted molar refractivity (Wildman–Crippen MR) is 59.7 cm³/mol. The normalized spacial score (nSPS) is 14.6. The van der Waals surface area contributed by atoms with Gasteiger partial charge < -0.3 is 15.9 Å². The molecule has 5 heteroatoms. The molecule has 0 spiro atoms. The molecule has 82 valence electrons. The summed E-state index contributed by atoms with van der Waals surface area (Å²) in [5, 5.41) is 18.2. The fourth-order valence-electron chi connectivity index (χ4n) is 1.16. The zero-order valence-corrected chi connectivity index (χ0v) is 8.89. The van der Waals surface area contributed by atoms with Gasteiger partial charge in [0.25, 0.3) is 0 Å². The van der Waals surface area contributed by atoms with Crippen LogP contribution in [0, 0.1) is 0 Å². The summed E-state index contributed by atoms with van der Waals surface area (Å²) in [6.45, 7) is 0. The van der Waals surface area contributed by atoms with E-state index in [4.69, 9.17) is 10.8 Å². The van der Waals surface area contributed by atoms with Crippen molar-refractivity contribution in [1.82, 2.24) is 0 Å². The maximum Gasteiger partial charge on any atom is 0.323 e. The minimum atomic E-state index is -1.30. The third-order valence-corrected chi connectivity index (χ3v) is 2.49. The van der Waals surface area contributed by atoms with Gasteiger partial charge in [0.05, 0.1) is 0 Å². The van der Waals surface area contributed by atoms with E-state index in [-0.39, 0.29) is 0 Å². The summed E-state index contributed by atoms with van der Waals surface area (Å²) in [5.74, 6) is -0.623. The number of aliphatic carboxylic acids is 1. The molecule has 0 aromatic heterocycles. The third kappa shape index (κ3) is 2.95. The van der Waals surface area contributed by atoms with Crippen LogP contribution in [0.5, 0.6) is 0 Å². The molecule has 0 fully saturated rings. The summed E-state index contributed by atoms with van der Waals surface area (Å²) in [6.07, 6.45) is -1.18. The average molecular weight is 227 g/mol. The highest BCUT2D eigenvalue weighted by Crippen LogP contribution is 2.17. The summed E-state index contributed by atoms with van der Waals surface area (Å²) < 4.78 is 0. The molecular formula is C10H13NO3S. The van der Waals surface area contributed by atoms with Gasteiger partial charge in [0, 0.05) is 5.75 Å². The molecule has 1 aromatic carbocycles. The highest BCUT2D eigenvalue weighted by molar-refractivity contribution is 7.79. The molecule has 0 amide bonds. The van der Waals surface area contributed by atoms with Crippen molar-refractivity contribution in [1.29, 1.82) is 0 Å². The van der Waals surface area contributed by atoms with E-state index in [1.165, 1.54) is 0 Å². The zero-order valence-electron chi connectivity index (χ0n) is 8.00. The molecule has 1 rings (SSSR count). The number of aliphatic hydroxyl groups is 1. The molecule has 4 nitrogen and oxygen atoms in total. The summed E-state index contributed by atoms with van der Waals surface area (Å²) in [6, 6.07) is 5.56. The highest BCUT2D eigenvalue weighted by atomic mass is 32.1. The smallest absolute Gasteiger partial charge is 0.323 e. The van der Waals surface area contributed by atoms with Gasteiger partial charge in [0.1, 0.15) is 12.1 Å². The fraction of sp³-hybridized carbons (Fsp3) is 0.300. The van der Waals surface area contributed by atoms with Gasteiger partial charge in [-0.2, -0.15) is 12.6 Å². The van der Waals surface area contributed by atoms with E-state index < -0.39 is 18.1 Å². The Balaban J connectivity index is 2.82. The Morgan fingerprint density at radius 1 is 1.40 bits per heavy atom. The molecule has 0 saturated carbocycles. The Bertz CT molecular complexity index is 339. The summed E-state index contributed by atoms with van der Waals surface area (Å²) in [4.78, 5) is 10.5. The van der Waals surface area contributed by atoms with E-state index in [1.807, 2.05) is 0 Å². The van der Waals surface area contributed by atoms with E-state index in [0.717, 1.165) is 5.56 Å². The quantitative estimate of drug-likeness (QED) is 0.566. The monoisotopic (exact) mass is 227 g/mol. The molecule has 0 aliphatic rings. The SMILES string of the molecule is N[C@H](C(=O)O)[C@H](O)c1ccc(CS)cc1. The molecule has 0 saturated heterocycles. The van der Waals surface area contributed by atoms with Crippen LogP contribution in [0.3, 0.4) is 0 Å². The summed E-state index contributed by atoms with van der Waals surface area (Å²) in [7, 11) is 0. The number of carbonyl (C=O) groups is 1. The highest BCUT2D eigenvalue weighted by Gasteiger charge is 2.23. The second-order valence-electron chi connectivity index (χ2n) is 3.21. The van der Waals surface area contributed by atoms with Crippen molar-refractivity contribution in [2.45, 2.75) is 17.9 Å².